The minimum Gasteiger partial charge on any atom is -0.445 e. The van der Waals surface area contributed by atoms with Crippen molar-refractivity contribution in [3.05, 3.63) is 65.0 Å². The van der Waals surface area contributed by atoms with E-state index in [2.05, 4.69) is 5.32 Å². The molecular weight excluding hydrogens is 546 g/mol. The lowest BCUT2D eigenvalue weighted by Gasteiger charge is -2.42. The van der Waals surface area contributed by atoms with Gasteiger partial charge in [0.05, 0.1) is 18.8 Å². The van der Waals surface area contributed by atoms with Gasteiger partial charge in [0.2, 0.25) is 11.8 Å². The van der Waals surface area contributed by atoms with Gasteiger partial charge < -0.3 is 19.4 Å². The van der Waals surface area contributed by atoms with Crippen LogP contribution in [0.2, 0.25) is 0 Å². The van der Waals surface area contributed by atoms with Gasteiger partial charge in [-0.25, -0.2) is 13.6 Å². The second kappa shape index (κ2) is 11.7. The number of carbonyl (C=O) groups excluding carboxylic acids is 4. The molecule has 0 saturated carbocycles. The third-order valence-electron chi connectivity index (χ3n) is 9.17. The van der Waals surface area contributed by atoms with E-state index >= 15 is 8.78 Å². The number of rotatable bonds is 5. The van der Waals surface area contributed by atoms with Gasteiger partial charge in [0.1, 0.15) is 18.8 Å². The van der Waals surface area contributed by atoms with Crippen molar-refractivity contribution in [1.82, 2.24) is 15.1 Å². The number of amides is 4. The van der Waals surface area contributed by atoms with E-state index in [1.807, 2.05) is 35.2 Å². The summed E-state index contributed by atoms with van der Waals surface area (Å²) in [4.78, 5) is 54.1. The molecule has 9 nitrogen and oxygen atoms in total. The van der Waals surface area contributed by atoms with Crippen LogP contribution in [0.4, 0.5) is 19.3 Å². The van der Waals surface area contributed by atoms with E-state index in [4.69, 9.17) is 4.74 Å². The number of fused-ring (bicyclic) bond motifs is 1. The van der Waals surface area contributed by atoms with Crippen molar-refractivity contribution in [2.24, 2.45) is 11.8 Å². The SMILES string of the molecule is O=C1CCC(N2Cc3c(ccc(N4CCC(C5CCN(C(=O)OCc6ccccc6)CC5F)CC4)c3F)C2=O)C(=O)N1. The molecule has 2 aromatic rings. The quantitative estimate of drug-likeness (QED) is 0.541. The highest BCUT2D eigenvalue weighted by Gasteiger charge is 2.42. The first kappa shape index (κ1) is 28.1. The number of imide groups is 1. The van der Waals surface area contributed by atoms with Crippen LogP contribution in [0, 0.1) is 17.7 Å². The second-order valence-corrected chi connectivity index (χ2v) is 11.6. The first-order chi connectivity index (χ1) is 20.3. The molecule has 2 aromatic carbocycles. The van der Waals surface area contributed by atoms with E-state index in [1.54, 1.807) is 12.1 Å². The summed E-state index contributed by atoms with van der Waals surface area (Å²) in [5.74, 6) is -1.83. The van der Waals surface area contributed by atoms with Crippen molar-refractivity contribution < 1.29 is 32.7 Å². The van der Waals surface area contributed by atoms with E-state index in [1.165, 1.54) is 9.80 Å². The molecule has 3 fully saturated rings. The van der Waals surface area contributed by atoms with Gasteiger partial charge in [0.25, 0.3) is 5.91 Å². The molecule has 0 bridgehead atoms. The molecule has 0 aliphatic carbocycles. The van der Waals surface area contributed by atoms with Gasteiger partial charge in [0, 0.05) is 37.2 Å². The molecule has 3 atom stereocenters. The van der Waals surface area contributed by atoms with Crippen molar-refractivity contribution in [3.8, 4) is 0 Å². The van der Waals surface area contributed by atoms with Gasteiger partial charge in [-0.05, 0) is 55.2 Å². The summed E-state index contributed by atoms with van der Waals surface area (Å²) < 4.78 is 36.4. The molecule has 4 aliphatic heterocycles. The van der Waals surface area contributed by atoms with Crippen LogP contribution in [-0.4, -0.2) is 72.0 Å². The van der Waals surface area contributed by atoms with Crippen LogP contribution in [0.15, 0.2) is 42.5 Å². The number of alkyl halides is 1. The van der Waals surface area contributed by atoms with Gasteiger partial charge in [-0.1, -0.05) is 30.3 Å². The standard InChI is InChI=1S/C31H34F2N4O5/c32-24-17-36(31(41)42-18-19-4-2-1-3-5-19)15-12-21(24)20-10-13-35(14-11-20)25-7-6-22-23(28(25)33)16-37(30(22)40)26-8-9-27(38)34-29(26)39/h1-7,20-21,24,26H,8-18H2,(H,34,38,39). The monoisotopic (exact) mass is 580 g/mol. The van der Waals surface area contributed by atoms with Crippen molar-refractivity contribution in [1.29, 1.82) is 0 Å². The van der Waals surface area contributed by atoms with E-state index < -0.39 is 35.9 Å². The Morgan fingerprint density at radius 3 is 2.45 bits per heavy atom. The highest BCUT2D eigenvalue weighted by molar-refractivity contribution is 6.05. The van der Waals surface area contributed by atoms with Gasteiger partial charge >= 0.3 is 6.09 Å². The average molecular weight is 581 g/mol. The van der Waals surface area contributed by atoms with Gasteiger partial charge in [-0.3, -0.25) is 19.7 Å². The Morgan fingerprint density at radius 2 is 1.74 bits per heavy atom. The van der Waals surface area contributed by atoms with Crippen molar-refractivity contribution in [2.45, 2.75) is 57.5 Å². The molecule has 0 aromatic heterocycles. The van der Waals surface area contributed by atoms with Crippen LogP contribution in [0.1, 0.15) is 53.6 Å². The molecule has 6 rings (SSSR count). The summed E-state index contributed by atoms with van der Waals surface area (Å²) in [7, 11) is 0. The molecule has 0 radical (unpaired) electrons. The highest BCUT2D eigenvalue weighted by atomic mass is 19.1. The van der Waals surface area contributed by atoms with Crippen LogP contribution in [0.3, 0.4) is 0 Å². The summed E-state index contributed by atoms with van der Waals surface area (Å²) >= 11 is 0. The molecular formula is C31H34F2N4O5. The first-order valence-corrected chi connectivity index (χ1v) is 14.6. The number of carbonyl (C=O) groups is 4. The number of hydrogen-bond acceptors (Lipinski definition) is 6. The fourth-order valence-corrected chi connectivity index (χ4v) is 6.84. The van der Waals surface area contributed by atoms with Gasteiger partial charge in [-0.15, -0.1) is 0 Å². The fraction of sp³-hybridized carbons (Fsp3) is 0.484. The fourth-order valence-electron chi connectivity index (χ4n) is 6.84. The van der Waals surface area contributed by atoms with Crippen LogP contribution < -0.4 is 10.2 Å². The van der Waals surface area contributed by atoms with Gasteiger partial charge in [-0.2, -0.15) is 0 Å². The zero-order valence-corrected chi connectivity index (χ0v) is 23.3. The first-order valence-electron chi connectivity index (χ1n) is 14.6. The molecule has 222 valence electrons. The lowest BCUT2D eigenvalue weighted by Crippen LogP contribution is -2.52. The Hall–Kier alpha value is -4.02. The smallest absolute Gasteiger partial charge is 0.410 e. The summed E-state index contributed by atoms with van der Waals surface area (Å²) in [5, 5.41) is 2.26. The zero-order valence-electron chi connectivity index (χ0n) is 23.3. The number of likely N-dealkylation sites (tertiary alicyclic amines) is 1. The maximum absolute atomic E-state index is 15.8. The minimum absolute atomic E-state index is 0.00958. The van der Waals surface area contributed by atoms with Gasteiger partial charge in [0.15, 0.2) is 5.82 Å². The van der Waals surface area contributed by atoms with Crippen molar-refractivity contribution in [3.63, 3.8) is 0 Å². The number of nitrogens with zero attached hydrogens (tertiary/aromatic N) is 3. The summed E-state index contributed by atoms with van der Waals surface area (Å²) in [6, 6.07) is 11.8. The molecule has 42 heavy (non-hydrogen) atoms. The summed E-state index contributed by atoms with van der Waals surface area (Å²) in [6.07, 6.45) is 0.643. The second-order valence-electron chi connectivity index (χ2n) is 11.6. The number of benzene rings is 2. The topological polar surface area (TPSA) is 99.3 Å². The van der Waals surface area contributed by atoms with Crippen LogP contribution in [-0.2, 0) is 27.5 Å². The van der Waals surface area contributed by atoms with Crippen LogP contribution in [0.5, 0.6) is 0 Å². The summed E-state index contributed by atoms with van der Waals surface area (Å²) in [6.45, 7) is 1.68. The van der Waals surface area contributed by atoms with E-state index in [0.29, 0.717) is 44.6 Å². The molecule has 11 heteroatoms. The Kier molecular flexibility index (Phi) is 7.83. The highest BCUT2D eigenvalue weighted by Crippen LogP contribution is 2.38. The van der Waals surface area contributed by atoms with E-state index in [-0.39, 0.29) is 61.4 Å². The minimum atomic E-state index is -1.15. The van der Waals surface area contributed by atoms with Crippen LogP contribution in [0.25, 0.3) is 0 Å². The maximum atomic E-state index is 15.8. The number of hydrogen-bond donors (Lipinski definition) is 1. The molecule has 1 N–H and O–H groups in total. The van der Waals surface area contributed by atoms with E-state index in [9.17, 15) is 19.2 Å². The molecule has 3 unspecified atom stereocenters. The Labute approximate surface area is 242 Å². The molecule has 4 heterocycles. The zero-order chi connectivity index (χ0) is 29.4. The van der Waals surface area contributed by atoms with Crippen LogP contribution >= 0.6 is 0 Å². The Morgan fingerprint density at radius 1 is 0.976 bits per heavy atom. The molecule has 0 spiro atoms. The molecule has 4 amide bonds. The normalized spacial score (nSPS) is 25.0. The number of nitrogens with one attached hydrogen (secondary N) is 1. The van der Waals surface area contributed by atoms with E-state index in [0.717, 1.165) is 5.56 Å². The van der Waals surface area contributed by atoms with Crippen molar-refractivity contribution >= 4 is 29.5 Å². The maximum Gasteiger partial charge on any atom is 0.410 e. The van der Waals surface area contributed by atoms with Crippen molar-refractivity contribution in [2.75, 3.05) is 31.1 Å². The molecule has 4 aliphatic rings. The Bertz CT molecular complexity index is 1380. The third kappa shape index (κ3) is 5.44. The summed E-state index contributed by atoms with van der Waals surface area (Å²) in [5.41, 5.74) is 1.78. The number of piperidine rings is 3. The number of halogens is 2. The molecule has 3 saturated heterocycles. The third-order valence-corrected chi connectivity index (χ3v) is 9.17. The average Bonchev–Trinajstić information content (AvgIpc) is 3.33. The number of ether oxygens (including phenoxy) is 1. The lowest BCUT2D eigenvalue weighted by molar-refractivity contribution is -0.136. The lowest BCUT2D eigenvalue weighted by atomic mass is 9.77. The predicted octanol–water partition coefficient (Wildman–Crippen LogP) is 3.80. The predicted molar refractivity (Wildman–Crippen MR) is 149 cm³/mol. The largest absolute Gasteiger partial charge is 0.445 e. The Balaban J connectivity index is 1.03. The number of anilines is 1.